The molecule has 3 aromatic rings. The van der Waals surface area contributed by atoms with E-state index in [-0.39, 0.29) is 0 Å². The van der Waals surface area contributed by atoms with Crippen LogP contribution in [0, 0.1) is 0 Å². The minimum atomic E-state index is -4.67. The van der Waals surface area contributed by atoms with E-state index in [2.05, 4.69) is 54.6 Å². The first kappa shape index (κ1) is 22.5. The smallest absolute Gasteiger partial charge is 0.337 e. The Morgan fingerprint density at radius 3 is 1.77 bits per heavy atom. The molecule has 6 nitrogen and oxygen atoms in total. The van der Waals surface area contributed by atoms with Gasteiger partial charge in [-0.05, 0) is 34.4 Å². The van der Waals surface area contributed by atoms with E-state index in [1.807, 2.05) is 42.5 Å². The fraction of sp³-hybridized carbons (Fsp3) is 0.0833. The number of hydrogen-bond acceptors (Lipinski definition) is 4. The summed E-state index contributed by atoms with van der Waals surface area (Å²) in [6.07, 6.45) is 9.35. The van der Waals surface area contributed by atoms with Crippen LogP contribution < -0.4 is 4.89 Å². The molecule has 1 aliphatic heterocycles. The molecule has 3 aromatic carbocycles. The highest BCUT2D eigenvalue weighted by Gasteiger charge is 2.15. The summed E-state index contributed by atoms with van der Waals surface area (Å²) in [5, 5.41) is 0. The third-order valence-corrected chi connectivity index (χ3v) is 4.42. The lowest BCUT2D eigenvalue weighted by Crippen LogP contribution is -2.09. The Kier molecular flexibility index (Phi) is 7.75. The topological polar surface area (TPSA) is 93.1 Å². The summed E-state index contributed by atoms with van der Waals surface area (Å²) in [7, 11) is -4.67. The Morgan fingerprint density at radius 2 is 1.23 bits per heavy atom. The average molecular weight is 439 g/mol. The Bertz CT molecular complexity index is 1070. The second-order valence-electron chi connectivity index (χ2n) is 6.64. The van der Waals surface area contributed by atoms with Crippen LogP contribution in [0.4, 0.5) is 0 Å². The lowest BCUT2D eigenvalue weighted by Gasteiger charge is -2.18. The van der Waals surface area contributed by atoms with Crippen LogP contribution in [0.25, 0.3) is 24.3 Å². The van der Waals surface area contributed by atoms with E-state index >= 15 is 0 Å². The molecule has 31 heavy (non-hydrogen) atoms. The summed E-state index contributed by atoms with van der Waals surface area (Å²) in [5.41, 5.74) is 5.81. The highest BCUT2D eigenvalue weighted by molar-refractivity contribution is 7.79. The Labute approximate surface area is 181 Å². The van der Waals surface area contributed by atoms with Crippen LogP contribution >= 0.6 is 0 Å². The number of benzene rings is 3. The molecule has 4 rings (SSSR count). The van der Waals surface area contributed by atoms with E-state index < -0.39 is 10.4 Å². The van der Waals surface area contributed by atoms with Crippen LogP contribution in [0.5, 0.6) is 5.75 Å². The van der Waals surface area contributed by atoms with Gasteiger partial charge in [-0.1, -0.05) is 85.0 Å². The molecule has 0 saturated heterocycles. The van der Waals surface area contributed by atoms with E-state index in [4.69, 9.17) is 27.3 Å². The molecule has 0 spiro atoms. The van der Waals surface area contributed by atoms with E-state index in [1.54, 1.807) is 0 Å². The average Bonchev–Trinajstić information content (AvgIpc) is 2.72. The van der Waals surface area contributed by atoms with Gasteiger partial charge in [0.05, 0.1) is 6.61 Å². The molecule has 0 fully saturated rings. The summed E-state index contributed by atoms with van der Waals surface area (Å²) >= 11 is 0. The van der Waals surface area contributed by atoms with Crippen LogP contribution in [0.2, 0.25) is 0 Å². The monoisotopic (exact) mass is 438 g/mol. The van der Waals surface area contributed by atoms with Crippen molar-refractivity contribution in [1.29, 1.82) is 0 Å². The van der Waals surface area contributed by atoms with Crippen LogP contribution in [-0.2, 0) is 21.7 Å². The van der Waals surface area contributed by atoms with Crippen molar-refractivity contribution in [2.45, 2.75) is 6.42 Å². The molecule has 7 heteroatoms. The fourth-order valence-electron chi connectivity index (χ4n) is 3.07. The molecule has 2 bridgehead atoms. The van der Waals surface area contributed by atoms with Crippen molar-refractivity contribution in [2.24, 2.45) is 0 Å². The van der Waals surface area contributed by atoms with Crippen molar-refractivity contribution in [3.63, 3.8) is 0 Å². The van der Waals surface area contributed by atoms with Crippen LogP contribution in [0.15, 0.2) is 72.8 Å². The molecule has 0 aliphatic carbocycles. The van der Waals surface area contributed by atoms with Crippen molar-refractivity contribution < 1.29 is 27.3 Å². The standard InChI is InChI=1S/C24H20O2.H2O4S/c1-3-7-19(8-4-1)11-14-22-21-13-16-24(26-25-18-17-21)23(22)15-12-20-9-5-2-6-10-20;1-5(2,3)4/h1-16H,17-18H2;(H2,1,2,3,4). The van der Waals surface area contributed by atoms with Crippen LogP contribution in [0.3, 0.4) is 0 Å². The SMILES string of the molecule is C(=Cc1c2ccc(c1C=Cc1ccccc1)OOCC2)c1ccccc1.O=S(=O)(O)O. The Hall–Kier alpha value is -3.23. The summed E-state index contributed by atoms with van der Waals surface area (Å²) in [5.74, 6) is 0.744. The highest BCUT2D eigenvalue weighted by Crippen LogP contribution is 2.32. The first-order valence-electron chi connectivity index (χ1n) is 9.51. The molecule has 0 unspecified atom stereocenters. The van der Waals surface area contributed by atoms with Crippen molar-refractivity contribution in [3.8, 4) is 5.75 Å². The van der Waals surface area contributed by atoms with Crippen molar-refractivity contribution >= 4 is 34.7 Å². The molecule has 0 radical (unpaired) electrons. The Balaban J connectivity index is 0.000000491. The number of rotatable bonds is 4. The largest absolute Gasteiger partial charge is 0.394 e. The summed E-state index contributed by atoms with van der Waals surface area (Å²) < 4.78 is 31.6. The first-order valence-corrected chi connectivity index (χ1v) is 10.9. The van der Waals surface area contributed by atoms with Gasteiger partial charge in [-0.2, -0.15) is 13.3 Å². The van der Waals surface area contributed by atoms with Gasteiger partial charge in [-0.25, -0.2) is 0 Å². The number of fused-ring (bicyclic) bond motifs is 3. The summed E-state index contributed by atoms with van der Waals surface area (Å²) in [4.78, 5) is 10.8. The van der Waals surface area contributed by atoms with Gasteiger partial charge in [0.15, 0.2) is 5.75 Å². The predicted octanol–water partition coefficient (Wildman–Crippen LogP) is 5.24. The molecule has 0 atom stereocenters. The Morgan fingerprint density at radius 1 is 0.710 bits per heavy atom. The molecule has 0 aromatic heterocycles. The maximum Gasteiger partial charge on any atom is 0.394 e. The minimum Gasteiger partial charge on any atom is -0.337 e. The molecular formula is C24H22O6S. The van der Waals surface area contributed by atoms with Gasteiger partial charge < -0.3 is 4.89 Å². The van der Waals surface area contributed by atoms with Gasteiger partial charge >= 0.3 is 10.4 Å². The zero-order valence-electron chi connectivity index (χ0n) is 16.6. The molecule has 1 heterocycles. The molecule has 2 N–H and O–H groups in total. The summed E-state index contributed by atoms with van der Waals surface area (Å²) in [6.45, 7) is 0.557. The molecule has 160 valence electrons. The van der Waals surface area contributed by atoms with Crippen molar-refractivity contribution in [3.05, 3.63) is 101 Å². The summed E-state index contributed by atoms with van der Waals surface area (Å²) in [6, 6.07) is 24.7. The second-order valence-corrected chi connectivity index (χ2v) is 7.54. The van der Waals surface area contributed by atoms with Gasteiger partial charge in [-0.3, -0.25) is 9.11 Å². The predicted molar refractivity (Wildman–Crippen MR) is 122 cm³/mol. The molecule has 0 amide bonds. The van der Waals surface area contributed by atoms with Gasteiger partial charge in [-0.15, -0.1) is 0 Å². The quantitative estimate of drug-likeness (QED) is 0.329. The first-order chi connectivity index (χ1) is 14.9. The lowest BCUT2D eigenvalue weighted by atomic mass is 9.95. The van der Waals surface area contributed by atoms with Gasteiger partial charge in [0, 0.05) is 12.0 Å². The van der Waals surface area contributed by atoms with E-state index in [0.717, 1.165) is 23.3 Å². The highest BCUT2D eigenvalue weighted by atomic mass is 32.3. The van der Waals surface area contributed by atoms with E-state index in [9.17, 15) is 0 Å². The van der Waals surface area contributed by atoms with Gasteiger partial charge in [0.25, 0.3) is 0 Å². The minimum absolute atomic E-state index is 0.557. The molecule has 0 saturated carbocycles. The van der Waals surface area contributed by atoms with E-state index in [0.29, 0.717) is 6.61 Å². The zero-order chi connectivity index (χ0) is 22.1. The maximum atomic E-state index is 8.74. The normalized spacial score (nSPS) is 13.4. The fourth-order valence-corrected chi connectivity index (χ4v) is 3.07. The van der Waals surface area contributed by atoms with Crippen molar-refractivity contribution in [2.75, 3.05) is 6.61 Å². The third kappa shape index (κ3) is 7.51. The van der Waals surface area contributed by atoms with E-state index in [1.165, 1.54) is 16.7 Å². The van der Waals surface area contributed by atoms with Crippen LogP contribution in [-0.4, -0.2) is 24.1 Å². The maximum absolute atomic E-state index is 8.74. The van der Waals surface area contributed by atoms with Crippen molar-refractivity contribution in [1.82, 2.24) is 0 Å². The zero-order valence-corrected chi connectivity index (χ0v) is 17.4. The van der Waals surface area contributed by atoms with Gasteiger partial charge in [0.1, 0.15) is 0 Å². The lowest BCUT2D eigenvalue weighted by molar-refractivity contribution is -0.206. The second kappa shape index (κ2) is 10.7. The van der Waals surface area contributed by atoms with Crippen LogP contribution in [0.1, 0.15) is 27.8 Å². The molecule has 1 aliphatic rings. The third-order valence-electron chi connectivity index (χ3n) is 4.42. The van der Waals surface area contributed by atoms with Gasteiger partial charge in [0.2, 0.25) is 0 Å². The number of hydrogen-bond donors (Lipinski definition) is 2. The molecular weight excluding hydrogens is 416 g/mol.